The van der Waals surface area contributed by atoms with Crippen LogP contribution < -0.4 is 4.74 Å². The van der Waals surface area contributed by atoms with E-state index in [2.05, 4.69) is 15.9 Å². The van der Waals surface area contributed by atoms with E-state index in [-0.39, 0.29) is 5.56 Å². The quantitative estimate of drug-likeness (QED) is 0.830. The molecule has 7 heteroatoms. The molecule has 0 saturated carbocycles. The van der Waals surface area contributed by atoms with Gasteiger partial charge in [0.05, 0.1) is 11.6 Å². The topological polar surface area (TPSA) is 83.8 Å². The van der Waals surface area contributed by atoms with Gasteiger partial charge in [-0.25, -0.2) is 0 Å². The smallest absolute Gasteiger partial charge is 0.396 e. The van der Waals surface area contributed by atoms with Gasteiger partial charge in [0.1, 0.15) is 5.75 Å². The highest BCUT2D eigenvalue weighted by atomic mass is 79.9. The molecule has 5 nitrogen and oxygen atoms in total. The van der Waals surface area contributed by atoms with Crippen LogP contribution in [0.15, 0.2) is 22.7 Å². The first-order valence-electron chi connectivity index (χ1n) is 3.80. The number of hydrogen-bond donors (Lipinski definition) is 2. The van der Waals surface area contributed by atoms with Crippen molar-refractivity contribution in [3.63, 3.8) is 0 Å². The lowest BCUT2D eigenvalue weighted by Crippen LogP contribution is -2.00. The minimum atomic E-state index is -4.73. The third-order valence-corrected chi connectivity index (χ3v) is 3.11. The molecule has 0 unspecified atom stereocenters. The molecule has 0 aliphatic heterocycles. The largest absolute Gasteiger partial charge is 0.496 e. The second-order valence-corrected chi connectivity index (χ2v) is 5.05. The van der Waals surface area contributed by atoms with Crippen LogP contribution >= 0.6 is 23.5 Å². The average Bonchev–Trinajstić information content (AvgIpc) is 2.16. The van der Waals surface area contributed by atoms with Crippen LogP contribution in [0.25, 0.3) is 0 Å². The van der Waals surface area contributed by atoms with Gasteiger partial charge in [-0.05, 0) is 34.1 Å². The highest BCUT2D eigenvalue weighted by Crippen LogP contribution is 2.40. The summed E-state index contributed by atoms with van der Waals surface area (Å²) in [5, 5.41) is 0. The third-order valence-electron chi connectivity index (χ3n) is 1.66. The van der Waals surface area contributed by atoms with Crippen molar-refractivity contribution < 1.29 is 23.9 Å². The summed E-state index contributed by atoms with van der Waals surface area (Å²) >= 11 is 3.16. The zero-order chi connectivity index (χ0) is 11.6. The number of benzene rings is 1. The molecule has 1 aromatic rings. The fraction of sp³-hybridized carbons (Fsp3) is 0.125. The first-order chi connectivity index (χ1) is 6.86. The van der Waals surface area contributed by atoms with Crippen LogP contribution in [-0.4, -0.2) is 22.4 Å². The van der Waals surface area contributed by atoms with E-state index in [4.69, 9.17) is 14.5 Å². The van der Waals surface area contributed by atoms with E-state index in [0.29, 0.717) is 10.2 Å². The van der Waals surface area contributed by atoms with Crippen LogP contribution in [0.2, 0.25) is 0 Å². The molecular weight excluding hydrogens is 287 g/mol. The van der Waals surface area contributed by atoms with Gasteiger partial charge in [-0.3, -0.25) is 9.36 Å². The highest BCUT2D eigenvalue weighted by Gasteiger charge is 2.27. The van der Waals surface area contributed by atoms with Crippen molar-refractivity contribution in [1.82, 2.24) is 0 Å². The van der Waals surface area contributed by atoms with Gasteiger partial charge in [0.15, 0.2) is 0 Å². The molecule has 0 aliphatic carbocycles. The van der Waals surface area contributed by atoms with Crippen LogP contribution in [0.3, 0.4) is 0 Å². The molecule has 15 heavy (non-hydrogen) atoms. The predicted octanol–water partition coefficient (Wildman–Crippen LogP) is 1.78. The van der Waals surface area contributed by atoms with Crippen molar-refractivity contribution in [1.29, 1.82) is 0 Å². The second-order valence-electron chi connectivity index (χ2n) is 2.70. The minimum absolute atomic E-state index is 0.0802. The Hall–Kier alpha value is -0.680. The Bertz CT molecular complexity index is 439. The number of ether oxygens (including phenoxy) is 1. The monoisotopic (exact) mass is 294 g/mol. The molecule has 0 heterocycles. The Labute approximate surface area is 94.4 Å². The molecule has 0 fully saturated rings. The van der Waals surface area contributed by atoms with E-state index in [9.17, 15) is 9.36 Å². The summed E-state index contributed by atoms with van der Waals surface area (Å²) < 4.78 is 16.2. The fourth-order valence-corrected chi connectivity index (χ4v) is 1.84. The van der Waals surface area contributed by atoms with Crippen LogP contribution in [-0.2, 0) is 4.57 Å². The van der Waals surface area contributed by atoms with Gasteiger partial charge in [0.25, 0.3) is 5.52 Å². The van der Waals surface area contributed by atoms with Gasteiger partial charge in [-0.15, -0.1) is 0 Å². The summed E-state index contributed by atoms with van der Waals surface area (Å²) in [6, 6.07) is 4.07. The molecule has 2 N–H and O–H groups in total. The number of halogens is 1. The van der Waals surface area contributed by atoms with E-state index >= 15 is 0 Å². The number of carbonyl (C=O) groups is 1. The Morgan fingerprint density at radius 2 is 2.07 bits per heavy atom. The van der Waals surface area contributed by atoms with Crippen LogP contribution in [0.1, 0.15) is 10.4 Å². The molecular formula is C8H8BrO5P. The maximum absolute atomic E-state index is 11.2. The molecule has 1 aromatic carbocycles. The number of rotatable bonds is 3. The Kier molecular flexibility index (Phi) is 3.67. The van der Waals surface area contributed by atoms with Gasteiger partial charge in [0.2, 0.25) is 0 Å². The van der Waals surface area contributed by atoms with Crippen LogP contribution in [0.4, 0.5) is 0 Å². The lowest BCUT2D eigenvalue weighted by atomic mass is 10.2. The molecule has 0 amide bonds. The van der Waals surface area contributed by atoms with E-state index in [1.807, 2.05) is 0 Å². The number of carbonyl (C=O) groups excluding carboxylic acids is 1. The third kappa shape index (κ3) is 2.89. The van der Waals surface area contributed by atoms with Gasteiger partial charge in [0, 0.05) is 5.56 Å². The summed E-state index contributed by atoms with van der Waals surface area (Å²) in [4.78, 5) is 28.6. The number of methoxy groups -OCH3 is 1. The summed E-state index contributed by atoms with van der Waals surface area (Å²) in [6.45, 7) is 0. The Morgan fingerprint density at radius 1 is 1.47 bits per heavy atom. The zero-order valence-corrected chi connectivity index (χ0v) is 10.2. The number of hydrogen-bond acceptors (Lipinski definition) is 3. The molecule has 0 spiro atoms. The van der Waals surface area contributed by atoms with E-state index < -0.39 is 13.1 Å². The lowest BCUT2D eigenvalue weighted by molar-refractivity contribution is 0.104. The van der Waals surface area contributed by atoms with Crippen molar-refractivity contribution in [3.05, 3.63) is 28.2 Å². The van der Waals surface area contributed by atoms with Gasteiger partial charge in [-0.2, -0.15) is 0 Å². The van der Waals surface area contributed by atoms with Gasteiger partial charge >= 0.3 is 7.60 Å². The van der Waals surface area contributed by atoms with E-state index in [0.717, 1.165) is 0 Å². The van der Waals surface area contributed by atoms with Crippen molar-refractivity contribution in [2.24, 2.45) is 0 Å². The molecule has 0 saturated heterocycles. The van der Waals surface area contributed by atoms with Crippen LogP contribution in [0.5, 0.6) is 5.75 Å². The highest BCUT2D eigenvalue weighted by molar-refractivity contribution is 9.10. The molecule has 0 atom stereocenters. The molecule has 0 aliphatic rings. The average molecular weight is 295 g/mol. The minimum Gasteiger partial charge on any atom is -0.496 e. The van der Waals surface area contributed by atoms with E-state index in [1.165, 1.54) is 25.3 Å². The molecule has 0 radical (unpaired) electrons. The van der Waals surface area contributed by atoms with Crippen molar-refractivity contribution >= 4 is 29.1 Å². The molecule has 0 aromatic heterocycles. The SMILES string of the molecule is COc1cc(C(=O)P(=O)(O)O)ccc1Br. The van der Waals surface area contributed by atoms with Crippen molar-refractivity contribution in [3.8, 4) is 5.75 Å². The summed E-state index contributed by atoms with van der Waals surface area (Å²) in [5.41, 5.74) is -1.29. The second kappa shape index (κ2) is 4.45. The molecule has 0 bridgehead atoms. The summed E-state index contributed by atoms with van der Waals surface area (Å²) in [6.07, 6.45) is 0. The summed E-state index contributed by atoms with van der Waals surface area (Å²) in [5.74, 6) is 0.342. The Balaban J connectivity index is 3.18. The molecule has 82 valence electrons. The maximum atomic E-state index is 11.2. The van der Waals surface area contributed by atoms with Gasteiger partial charge < -0.3 is 14.5 Å². The Morgan fingerprint density at radius 3 is 2.53 bits per heavy atom. The molecule has 1 rings (SSSR count). The standard InChI is InChI=1S/C8H8BrO5P/c1-14-7-4-5(2-3-6(7)9)8(10)15(11,12)13/h2-4H,1H3,(H2,11,12,13). The summed E-state index contributed by atoms with van der Waals surface area (Å²) in [7, 11) is -3.34. The maximum Gasteiger partial charge on any atom is 0.396 e. The van der Waals surface area contributed by atoms with Crippen molar-refractivity contribution in [2.45, 2.75) is 0 Å². The lowest BCUT2D eigenvalue weighted by Gasteiger charge is -2.06. The zero-order valence-electron chi connectivity index (χ0n) is 7.68. The fourth-order valence-electron chi connectivity index (χ4n) is 0.961. The predicted molar refractivity (Wildman–Crippen MR) is 57.1 cm³/mol. The van der Waals surface area contributed by atoms with Gasteiger partial charge in [-0.1, -0.05) is 0 Å². The van der Waals surface area contributed by atoms with Crippen molar-refractivity contribution in [2.75, 3.05) is 7.11 Å². The first-order valence-corrected chi connectivity index (χ1v) is 6.21. The first kappa shape index (κ1) is 12.4. The van der Waals surface area contributed by atoms with E-state index in [1.54, 1.807) is 0 Å². The normalized spacial score (nSPS) is 11.2. The van der Waals surface area contributed by atoms with Crippen LogP contribution in [0, 0.1) is 0 Å².